The summed E-state index contributed by atoms with van der Waals surface area (Å²) < 4.78 is 3.46. The first-order valence-corrected chi connectivity index (χ1v) is 6.64. The van der Waals surface area contributed by atoms with E-state index in [-0.39, 0.29) is 5.56 Å². The normalized spacial score (nSPS) is 11.2. The first-order valence-electron chi connectivity index (χ1n) is 6.64. The van der Waals surface area contributed by atoms with Gasteiger partial charge in [0, 0.05) is 7.05 Å². The molecule has 19 heavy (non-hydrogen) atoms. The fraction of sp³-hybridized carbons (Fsp3) is 0.400. The number of anilines is 1. The Balaban J connectivity index is 2.56. The molecule has 0 saturated heterocycles. The Morgan fingerprint density at radius 3 is 2.21 bits per heavy atom. The van der Waals surface area contributed by atoms with Crippen LogP contribution in [0.2, 0.25) is 0 Å². The molecule has 0 bridgehead atoms. The van der Waals surface area contributed by atoms with E-state index < -0.39 is 0 Å². The molecule has 2 rings (SSSR count). The van der Waals surface area contributed by atoms with Crippen molar-refractivity contribution in [3.63, 3.8) is 0 Å². The predicted molar refractivity (Wildman–Crippen MR) is 78.9 cm³/mol. The molecule has 0 radical (unpaired) electrons. The molecule has 0 aliphatic heterocycles. The summed E-state index contributed by atoms with van der Waals surface area (Å²) >= 11 is 0. The molecule has 0 atom stereocenters. The van der Waals surface area contributed by atoms with E-state index in [4.69, 9.17) is 5.73 Å². The number of benzene rings is 1. The highest BCUT2D eigenvalue weighted by molar-refractivity contribution is 5.46. The van der Waals surface area contributed by atoms with Gasteiger partial charge in [0.25, 0.3) is 5.56 Å². The Hall–Kier alpha value is -1.97. The number of hydrogen-bond acceptors (Lipinski definition) is 2. The summed E-state index contributed by atoms with van der Waals surface area (Å²) in [7, 11) is 1.87. The van der Waals surface area contributed by atoms with E-state index >= 15 is 0 Å². The molecule has 0 aliphatic rings. The quantitative estimate of drug-likeness (QED) is 0.920. The van der Waals surface area contributed by atoms with Gasteiger partial charge in [0.2, 0.25) is 0 Å². The van der Waals surface area contributed by atoms with E-state index in [0.29, 0.717) is 11.6 Å². The van der Waals surface area contributed by atoms with Crippen molar-refractivity contribution in [3.05, 3.63) is 45.9 Å². The van der Waals surface area contributed by atoms with Crippen molar-refractivity contribution in [1.82, 2.24) is 9.36 Å². The topological polar surface area (TPSA) is 53.0 Å². The Bertz CT molecular complexity index is 633. The number of nitrogens with zero attached hydrogens (tertiary/aromatic N) is 2. The summed E-state index contributed by atoms with van der Waals surface area (Å²) in [6, 6.07) is 8.05. The minimum absolute atomic E-state index is 0.142. The standard InChI is InChI=1S/C15H21N3O/c1-5-13-14(16)15(19)18(17(13)4)12-8-6-11(7-9-12)10(2)3/h6-10H,5,16H2,1-4H3. The second kappa shape index (κ2) is 4.96. The van der Waals surface area contributed by atoms with Crippen LogP contribution < -0.4 is 11.3 Å². The number of nitrogen functional groups attached to an aromatic ring is 1. The van der Waals surface area contributed by atoms with Crippen molar-refractivity contribution < 1.29 is 0 Å². The summed E-state index contributed by atoms with van der Waals surface area (Å²) in [5, 5.41) is 0. The maximum atomic E-state index is 12.2. The first-order chi connectivity index (χ1) is 8.97. The monoisotopic (exact) mass is 259 g/mol. The molecular weight excluding hydrogens is 238 g/mol. The smallest absolute Gasteiger partial charge is 0.294 e. The van der Waals surface area contributed by atoms with E-state index in [1.165, 1.54) is 5.56 Å². The lowest BCUT2D eigenvalue weighted by atomic mass is 10.0. The second-order valence-electron chi connectivity index (χ2n) is 5.10. The molecule has 1 aromatic carbocycles. The van der Waals surface area contributed by atoms with Crippen LogP contribution in [0.5, 0.6) is 0 Å². The average molecular weight is 259 g/mol. The van der Waals surface area contributed by atoms with Crippen molar-refractivity contribution in [3.8, 4) is 5.69 Å². The van der Waals surface area contributed by atoms with Gasteiger partial charge < -0.3 is 5.73 Å². The lowest BCUT2D eigenvalue weighted by Crippen LogP contribution is -2.20. The Morgan fingerprint density at radius 1 is 1.21 bits per heavy atom. The van der Waals surface area contributed by atoms with E-state index in [2.05, 4.69) is 26.0 Å². The van der Waals surface area contributed by atoms with Crippen LogP contribution in [0.1, 0.15) is 37.9 Å². The van der Waals surface area contributed by atoms with Gasteiger partial charge in [0.15, 0.2) is 0 Å². The highest BCUT2D eigenvalue weighted by atomic mass is 16.1. The summed E-state index contributed by atoms with van der Waals surface area (Å²) in [4.78, 5) is 12.2. The summed E-state index contributed by atoms with van der Waals surface area (Å²) in [6.45, 7) is 6.30. The fourth-order valence-electron chi connectivity index (χ4n) is 2.38. The maximum absolute atomic E-state index is 12.2. The van der Waals surface area contributed by atoms with Gasteiger partial charge in [0.1, 0.15) is 5.69 Å². The number of aromatic nitrogens is 2. The third-order valence-electron chi connectivity index (χ3n) is 3.56. The third-order valence-corrected chi connectivity index (χ3v) is 3.56. The largest absolute Gasteiger partial charge is 0.393 e. The highest BCUT2D eigenvalue weighted by Gasteiger charge is 2.14. The third kappa shape index (κ3) is 2.18. The van der Waals surface area contributed by atoms with Crippen LogP contribution in [0.15, 0.2) is 29.1 Å². The molecule has 4 heteroatoms. The van der Waals surface area contributed by atoms with Gasteiger partial charge in [0.05, 0.1) is 11.4 Å². The highest BCUT2D eigenvalue weighted by Crippen LogP contribution is 2.17. The van der Waals surface area contributed by atoms with Gasteiger partial charge in [-0.05, 0) is 30.0 Å². The van der Waals surface area contributed by atoms with Crippen LogP contribution in [-0.2, 0) is 13.5 Å². The van der Waals surface area contributed by atoms with E-state index in [1.807, 2.05) is 30.8 Å². The molecule has 2 N–H and O–H groups in total. The minimum atomic E-state index is -0.142. The Labute approximate surface area is 113 Å². The van der Waals surface area contributed by atoms with Crippen molar-refractivity contribution >= 4 is 5.69 Å². The first kappa shape index (κ1) is 13.5. The van der Waals surface area contributed by atoms with Crippen molar-refractivity contribution in [2.45, 2.75) is 33.1 Å². The molecule has 0 spiro atoms. The second-order valence-corrected chi connectivity index (χ2v) is 5.10. The van der Waals surface area contributed by atoms with Gasteiger partial charge in [-0.15, -0.1) is 0 Å². The average Bonchev–Trinajstić information content (AvgIpc) is 2.60. The van der Waals surface area contributed by atoms with Crippen LogP contribution in [0.4, 0.5) is 5.69 Å². The van der Waals surface area contributed by atoms with Crippen molar-refractivity contribution in [1.29, 1.82) is 0 Å². The molecule has 0 saturated carbocycles. The molecule has 2 aromatic rings. The molecule has 0 amide bonds. The van der Waals surface area contributed by atoms with Crippen LogP contribution in [0, 0.1) is 0 Å². The molecule has 102 valence electrons. The Kier molecular flexibility index (Phi) is 3.51. The lowest BCUT2D eigenvalue weighted by molar-refractivity contribution is 0.618. The van der Waals surface area contributed by atoms with Gasteiger partial charge in [-0.1, -0.05) is 32.9 Å². The summed E-state index contributed by atoms with van der Waals surface area (Å²) in [5.41, 5.74) is 9.06. The number of nitrogens with two attached hydrogens (primary N) is 1. The molecule has 0 aliphatic carbocycles. The fourth-order valence-corrected chi connectivity index (χ4v) is 2.38. The number of hydrogen-bond donors (Lipinski definition) is 1. The van der Waals surface area contributed by atoms with E-state index in [9.17, 15) is 4.79 Å². The summed E-state index contributed by atoms with van der Waals surface area (Å²) in [6.07, 6.45) is 0.745. The SMILES string of the molecule is CCc1c(N)c(=O)n(-c2ccc(C(C)C)cc2)n1C. The molecule has 1 heterocycles. The van der Waals surface area contributed by atoms with Crippen LogP contribution in [0.3, 0.4) is 0 Å². The predicted octanol–water partition coefficient (Wildman–Crippen LogP) is 2.44. The van der Waals surface area contributed by atoms with Gasteiger partial charge >= 0.3 is 0 Å². The van der Waals surface area contributed by atoms with Gasteiger partial charge in [-0.2, -0.15) is 0 Å². The Morgan fingerprint density at radius 2 is 1.79 bits per heavy atom. The van der Waals surface area contributed by atoms with Crippen LogP contribution in [-0.4, -0.2) is 9.36 Å². The minimum Gasteiger partial charge on any atom is -0.393 e. The number of rotatable bonds is 3. The van der Waals surface area contributed by atoms with Crippen LogP contribution >= 0.6 is 0 Å². The maximum Gasteiger partial charge on any atom is 0.294 e. The zero-order valence-electron chi connectivity index (χ0n) is 12.0. The van der Waals surface area contributed by atoms with Crippen LogP contribution in [0.25, 0.3) is 5.69 Å². The van der Waals surface area contributed by atoms with Crippen molar-refractivity contribution in [2.75, 3.05) is 5.73 Å². The zero-order chi connectivity index (χ0) is 14.2. The molecule has 0 unspecified atom stereocenters. The van der Waals surface area contributed by atoms with E-state index in [0.717, 1.165) is 17.8 Å². The van der Waals surface area contributed by atoms with Gasteiger partial charge in [-0.25, -0.2) is 4.68 Å². The zero-order valence-corrected chi connectivity index (χ0v) is 12.0. The molecule has 4 nitrogen and oxygen atoms in total. The van der Waals surface area contributed by atoms with E-state index in [1.54, 1.807) is 4.68 Å². The van der Waals surface area contributed by atoms with Crippen molar-refractivity contribution in [2.24, 2.45) is 7.05 Å². The molecule has 1 aromatic heterocycles. The molecular formula is C15H21N3O. The van der Waals surface area contributed by atoms with Gasteiger partial charge in [-0.3, -0.25) is 9.48 Å². The molecule has 0 fully saturated rings. The lowest BCUT2D eigenvalue weighted by Gasteiger charge is -2.11. The summed E-state index contributed by atoms with van der Waals surface area (Å²) in [5.74, 6) is 0.482.